The summed E-state index contributed by atoms with van der Waals surface area (Å²) in [6.07, 6.45) is 0.657. The zero-order chi connectivity index (χ0) is 16.7. The third kappa shape index (κ3) is 5.80. The Morgan fingerprint density at radius 3 is 2.62 bits per heavy atom. The van der Waals surface area contributed by atoms with Crippen LogP contribution < -0.4 is 15.8 Å². The van der Waals surface area contributed by atoms with Gasteiger partial charge in [0.2, 0.25) is 0 Å². The summed E-state index contributed by atoms with van der Waals surface area (Å²) in [7, 11) is 1.29. The number of rotatable bonds is 7. The molecule has 0 radical (unpaired) electrons. The fourth-order valence-electron chi connectivity index (χ4n) is 1.68. The van der Waals surface area contributed by atoms with E-state index >= 15 is 0 Å². The van der Waals surface area contributed by atoms with Crippen molar-refractivity contribution in [3.8, 4) is 5.75 Å². The summed E-state index contributed by atoms with van der Waals surface area (Å²) in [5.74, 6) is -0.237. The van der Waals surface area contributed by atoms with Crippen molar-refractivity contribution >= 4 is 41.3 Å². The molecule has 3 N–H and O–H groups in total. The number of aromatic nitrogens is 1. The van der Waals surface area contributed by atoms with Crippen LogP contribution in [0.5, 0.6) is 5.75 Å². The third-order valence-corrected chi connectivity index (χ3v) is 3.75. The number of thiazole rings is 1. The number of carbonyl (C=O) groups is 2. The Morgan fingerprint density at radius 1 is 1.29 bits per heavy atom. The van der Waals surface area contributed by atoms with Gasteiger partial charge in [-0.25, -0.2) is 9.78 Å². The van der Waals surface area contributed by atoms with Gasteiger partial charge < -0.3 is 20.5 Å². The molecule has 2 aromatic rings. The van der Waals surface area contributed by atoms with Crippen molar-refractivity contribution in [3.63, 3.8) is 0 Å². The normalized spacial score (nSPS) is 9.75. The summed E-state index contributed by atoms with van der Waals surface area (Å²) in [6, 6.07) is 6.66. The van der Waals surface area contributed by atoms with Crippen LogP contribution in [0.4, 0.5) is 5.69 Å². The average Bonchev–Trinajstić information content (AvgIpc) is 3.03. The van der Waals surface area contributed by atoms with Crippen LogP contribution in [0.3, 0.4) is 0 Å². The van der Waals surface area contributed by atoms with Gasteiger partial charge in [0.15, 0.2) is 6.61 Å². The fourth-order valence-corrected chi connectivity index (χ4v) is 2.48. The number of benzene rings is 1. The second kappa shape index (κ2) is 9.86. The molecule has 0 bridgehead atoms. The maximum atomic E-state index is 12.1. The van der Waals surface area contributed by atoms with Gasteiger partial charge in [-0.1, -0.05) is 0 Å². The lowest BCUT2D eigenvalue weighted by molar-refractivity contribution is -0.142. The highest BCUT2D eigenvalue weighted by Gasteiger charge is 2.11. The predicted molar refractivity (Wildman–Crippen MR) is 94.0 cm³/mol. The summed E-state index contributed by atoms with van der Waals surface area (Å²) in [5.41, 5.74) is 6.43. The molecule has 0 saturated heterocycles. The Kier molecular flexibility index (Phi) is 8.17. The van der Waals surface area contributed by atoms with Crippen LogP contribution in [-0.4, -0.2) is 37.1 Å². The zero-order valence-corrected chi connectivity index (χ0v) is 14.6. The molecular weight excluding hydrogens is 354 g/mol. The molecule has 9 heteroatoms. The summed E-state index contributed by atoms with van der Waals surface area (Å²) < 4.78 is 9.71. The van der Waals surface area contributed by atoms with Gasteiger partial charge in [0.1, 0.15) is 11.4 Å². The van der Waals surface area contributed by atoms with Crippen molar-refractivity contribution in [2.45, 2.75) is 6.42 Å². The van der Waals surface area contributed by atoms with E-state index in [9.17, 15) is 9.59 Å². The molecule has 0 spiro atoms. The smallest absolute Gasteiger partial charge is 0.343 e. The average molecular weight is 372 g/mol. The van der Waals surface area contributed by atoms with E-state index in [1.54, 1.807) is 29.6 Å². The van der Waals surface area contributed by atoms with E-state index in [1.807, 2.05) is 0 Å². The Bertz CT molecular complexity index is 676. The summed E-state index contributed by atoms with van der Waals surface area (Å²) in [4.78, 5) is 27.3. The number of anilines is 1. The lowest BCUT2D eigenvalue weighted by Crippen LogP contribution is -2.13. The minimum atomic E-state index is -0.459. The number of halogens is 1. The Morgan fingerprint density at radius 2 is 2.00 bits per heavy atom. The first-order valence-corrected chi connectivity index (χ1v) is 7.76. The number of nitrogens with two attached hydrogens (primary N) is 1. The van der Waals surface area contributed by atoms with Crippen LogP contribution in [-0.2, 0) is 16.0 Å². The maximum absolute atomic E-state index is 12.1. The molecule has 0 fully saturated rings. The summed E-state index contributed by atoms with van der Waals surface area (Å²) in [6.45, 7) is 0.340. The fraction of sp³-hybridized carbons (Fsp3) is 0.267. The van der Waals surface area contributed by atoms with Crippen LogP contribution in [0.1, 0.15) is 15.5 Å². The molecule has 1 aromatic heterocycles. The Hall–Kier alpha value is -2.16. The van der Waals surface area contributed by atoms with Gasteiger partial charge in [-0.15, -0.1) is 23.7 Å². The molecule has 0 unspecified atom stereocenters. The quantitative estimate of drug-likeness (QED) is 0.720. The van der Waals surface area contributed by atoms with Gasteiger partial charge >= 0.3 is 5.97 Å². The van der Waals surface area contributed by atoms with Crippen molar-refractivity contribution < 1.29 is 19.1 Å². The molecule has 7 nitrogen and oxygen atoms in total. The van der Waals surface area contributed by atoms with E-state index in [4.69, 9.17) is 10.5 Å². The SMILES string of the molecule is COC(=O)COc1ccc(NC(=O)c2csc(CCN)n2)cc1.Cl. The highest BCUT2D eigenvalue weighted by Crippen LogP contribution is 2.17. The first kappa shape index (κ1) is 19.9. The van der Waals surface area contributed by atoms with Gasteiger partial charge in [0.25, 0.3) is 5.91 Å². The maximum Gasteiger partial charge on any atom is 0.343 e. The summed E-state index contributed by atoms with van der Waals surface area (Å²) in [5, 5.41) is 5.28. The third-order valence-electron chi connectivity index (χ3n) is 2.84. The molecular formula is C15H18ClN3O4S. The minimum Gasteiger partial charge on any atom is -0.482 e. The second-order valence-electron chi connectivity index (χ2n) is 4.51. The van der Waals surface area contributed by atoms with E-state index in [0.29, 0.717) is 30.1 Å². The Labute approximate surface area is 149 Å². The Balaban J connectivity index is 0.00000288. The van der Waals surface area contributed by atoms with Crippen LogP contribution in [0, 0.1) is 0 Å². The van der Waals surface area contributed by atoms with E-state index in [2.05, 4.69) is 15.0 Å². The van der Waals surface area contributed by atoms with Crippen molar-refractivity contribution in [1.29, 1.82) is 0 Å². The monoisotopic (exact) mass is 371 g/mol. The zero-order valence-electron chi connectivity index (χ0n) is 13.0. The number of hydrogen-bond acceptors (Lipinski definition) is 7. The van der Waals surface area contributed by atoms with Crippen LogP contribution in [0.15, 0.2) is 29.6 Å². The first-order valence-electron chi connectivity index (χ1n) is 6.88. The number of esters is 1. The van der Waals surface area contributed by atoms with Crippen LogP contribution in [0.25, 0.3) is 0 Å². The van der Waals surface area contributed by atoms with E-state index < -0.39 is 5.97 Å². The van der Waals surface area contributed by atoms with Gasteiger partial charge in [0, 0.05) is 17.5 Å². The molecule has 130 valence electrons. The van der Waals surface area contributed by atoms with Crippen molar-refractivity contribution in [3.05, 3.63) is 40.3 Å². The van der Waals surface area contributed by atoms with Crippen molar-refractivity contribution in [1.82, 2.24) is 4.98 Å². The lowest BCUT2D eigenvalue weighted by Gasteiger charge is -2.06. The van der Waals surface area contributed by atoms with E-state index in [1.165, 1.54) is 18.4 Å². The van der Waals surface area contributed by atoms with Crippen LogP contribution in [0.2, 0.25) is 0 Å². The highest BCUT2D eigenvalue weighted by molar-refractivity contribution is 7.09. The highest BCUT2D eigenvalue weighted by atomic mass is 35.5. The number of ether oxygens (including phenoxy) is 2. The van der Waals surface area contributed by atoms with E-state index in [-0.39, 0.29) is 24.9 Å². The molecule has 0 aliphatic rings. The first-order chi connectivity index (χ1) is 11.1. The van der Waals surface area contributed by atoms with Gasteiger partial charge in [-0.2, -0.15) is 0 Å². The molecule has 2 rings (SSSR count). The number of hydrogen-bond donors (Lipinski definition) is 2. The van der Waals surface area contributed by atoms with E-state index in [0.717, 1.165) is 5.01 Å². The molecule has 0 aliphatic heterocycles. The van der Waals surface area contributed by atoms with Gasteiger partial charge in [0.05, 0.1) is 12.1 Å². The lowest BCUT2D eigenvalue weighted by atomic mass is 10.3. The summed E-state index contributed by atoms with van der Waals surface area (Å²) >= 11 is 1.41. The molecule has 24 heavy (non-hydrogen) atoms. The molecule has 1 aromatic carbocycles. The molecule has 0 atom stereocenters. The van der Waals surface area contributed by atoms with Gasteiger partial charge in [-0.05, 0) is 30.8 Å². The molecule has 1 amide bonds. The van der Waals surface area contributed by atoms with Gasteiger partial charge in [-0.3, -0.25) is 4.79 Å². The number of amides is 1. The number of nitrogens with zero attached hydrogens (tertiary/aromatic N) is 1. The molecule has 0 aliphatic carbocycles. The largest absolute Gasteiger partial charge is 0.482 e. The minimum absolute atomic E-state index is 0. The van der Waals surface area contributed by atoms with Crippen LogP contribution >= 0.6 is 23.7 Å². The topological polar surface area (TPSA) is 104 Å². The van der Waals surface area contributed by atoms with Crippen molar-refractivity contribution in [2.75, 3.05) is 25.6 Å². The predicted octanol–water partition coefficient (Wildman–Crippen LogP) is 1.87. The number of carbonyl (C=O) groups excluding carboxylic acids is 2. The standard InChI is InChI=1S/C15H17N3O4S.ClH/c1-21-14(19)8-22-11-4-2-10(3-5-11)17-15(20)12-9-23-13(18-12)6-7-16;/h2-5,9H,6-8,16H2,1H3,(H,17,20);1H. The second-order valence-corrected chi connectivity index (χ2v) is 5.45. The molecule has 1 heterocycles. The number of methoxy groups -OCH3 is 1. The number of nitrogens with one attached hydrogen (secondary N) is 1. The van der Waals surface area contributed by atoms with Crippen molar-refractivity contribution in [2.24, 2.45) is 5.73 Å². The molecule has 0 saturated carbocycles.